The van der Waals surface area contributed by atoms with E-state index in [2.05, 4.69) is 5.32 Å². The molecular formula is C23H35NO8. The van der Waals surface area contributed by atoms with Gasteiger partial charge in [-0.15, -0.1) is 0 Å². The van der Waals surface area contributed by atoms with E-state index in [4.69, 9.17) is 14.2 Å². The molecule has 0 unspecified atom stereocenters. The summed E-state index contributed by atoms with van der Waals surface area (Å²) >= 11 is 0. The maximum absolute atomic E-state index is 12.4. The Morgan fingerprint density at radius 2 is 1.69 bits per heavy atom. The Balaban J connectivity index is 2.32. The molecule has 1 aromatic rings. The molecule has 4 N–H and O–H groups in total. The Morgan fingerprint density at radius 3 is 2.22 bits per heavy atom. The molecule has 9 heteroatoms. The lowest BCUT2D eigenvalue weighted by Gasteiger charge is -2.39. The van der Waals surface area contributed by atoms with Crippen LogP contribution in [0.5, 0.6) is 11.5 Å². The second kappa shape index (κ2) is 9.64. The predicted octanol–water partition coefficient (Wildman–Crippen LogP) is 2.64. The zero-order chi connectivity index (χ0) is 24.4. The van der Waals surface area contributed by atoms with Gasteiger partial charge in [0.2, 0.25) is 12.2 Å². The summed E-state index contributed by atoms with van der Waals surface area (Å²) in [6, 6.07) is 4.77. The van der Waals surface area contributed by atoms with Crippen molar-refractivity contribution in [1.82, 2.24) is 0 Å². The summed E-state index contributed by atoms with van der Waals surface area (Å²) in [6.45, 7) is 13.2. The van der Waals surface area contributed by atoms with Gasteiger partial charge in [0.1, 0.15) is 6.10 Å². The van der Waals surface area contributed by atoms with E-state index in [1.807, 2.05) is 20.8 Å². The third-order valence-electron chi connectivity index (χ3n) is 4.98. The molecule has 5 atom stereocenters. The van der Waals surface area contributed by atoms with Gasteiger partial charge in [-0.05, 0) is 17.5 Å². The van der Waals surface area contributed by atoms with Gasteiger partial charge in [0.05, 0.1) is 12.7 Å². The maximum atomic E-state index is 12.4. The largest absolute Gasteiger partial charge is 0.489 e. The van der Waals surface area contributed by atoms with Crippen molar-refractivity contribution in [3.05, 3.63) is 18.2 Å². The van der Waals surface area contributed by atoms with E-state index >= 15 is 0 Å². The number of benzene rings is 1. The second-order valence-corrected chi connectivity index (χ2v) is 10.4. The van der Waals surface area contributed by atoms with Gasteiger partial charge in [-0.3, -0.25) is 4.79 Å². The van der Waals surface area contributed by atoms with Crippen molar-refractivity contribution in [2.75, 3.05) is 11.9 Å². The van der Waals surface area contributed by atoms with E-state index in [1.165, 1.54) is 6.92 Å². The van der Waals surface area contributed by atoms with Gasteiger partial charge in [-0.2, -0.15) is 0 Å². The van der Waals surface area contributed by atoms with E-state index in [-0.39, 0.29) is 17.1 Å². The molecule has 1 saturated heterocycles. The Bertz CT molecular complexity index is 826. The highest BCUT2D eigenvalue weighted by Gasteiger charge is 2.46. The Hall–Kier alpha value is -2.36. The van der Waals surface area contributed by atoms with Gasteiger partial charge in [0.25, 0.3) is 0 Å². The molecule has 0 radical (unpaired) electrons. The summed E-state index contributed by atoms with van der Waals surface area (Å²) < 4.78 is 17.1. The summed E-state index contributed by atoms with van der Waals surface area (Å²) in [5.74, 6) is -1.81. The number of aliphatic hydroxyl groups is 2. The molecule has 32 heavy (non-hydrogen) atoms. The molecule has 0 saturated carbocycles. The average molecular weight is 454 g/mol. The average Bonchev–Trinajstić information content (AvgIpc) is 2.66. The zero-order valence-electron chi connectivity index (χ0n) is 19.7. The minimum Gasteiger partial charge on any atom is -0.489 e. The number of anilines is 1. The number of ether oxygens (including phenoxy) is 3. The van der Waals surface area contributed by atoms with Crippen molar-refractivity contribution in [2.24, 2.45) is 16.7 Å². The lowest BCUT2D eigenvalue weighted by Crippen LogP contribution is -2.57. The molecular weight excluding hydrogens is 418 g/mol. The molecule has 0 aromatic heterocycles. The lowest BCUT2D eigenvalue weighted by molar-refractivity contribution is -0.255. The van der Waals surface area contributed by atoms with Crippen LogP contribution in [-0.2, 0) is 14.3 Å². The highest BCUT2D eigenvalue weighted by atomic mass is 16.7. The number of hydrogen-bond acceptors (Lipinski definition) is 7. The minimum atomic E-state index is -1.54. The van der Waals surface area contributed by atoms with Crippen LogP contribution in [0.2, 0.25) is 0 Å². The first kappa shape index (κ1) is 25.9. The van der Waals surface area contributed by atoms with Crippen molar-refractivity contribution < 1.29 is 39.1 Å². The highest BCUT2D eigenvalue weighted by molar-refractivity contribution is 5.94. The normalized spacial score (nSPS) is 26.3. The fourth-order valence-electron chi connectivity index (χ4n) is 2.87. The van der Waals surface area contributed by atoms with E-state index in [0.29, 0.717) is 18.0 Å². The molecule has 1 aromatic carbocycles. The quantitative estimate of drug-likeness (QED) is 0.516. The number of rotatable bonds is 6. The van der Waals surface area contributed by atoms with Crippen LogP contribution in [0.15, 0.2) is 18.2 Å². The fourth-order valence-corrected chi connectivity index (χ4v) is 2.87. The number of carboxylic acids is 1. The zero-order valence-corrected chi connectivity index (χ0v) is 19.7. The van der Waals surface area contributed by atoms with E-state index < -0.39 is 41.9 Å². The fraction of sp³-hybridized carbons (Fsp3) is 0.652. The first-order chi connectivity index (χ1) is 14.6. The maximum Gasteiger partial charge on any atom is 0.335 e. The summed E-state index contributed by atoms with van der Waals surface area (Å²) in [7, 11) is 0. The Labute approximate surface area is 188 Å². The van der Waals surface area contributed by atoms with Crippen molar-refractivity contribution in [1.29, 1.82) is 0 Å². The van der Waals surface area contributed by atoms with E-state index in [9.17, 15) is 24.9 Å². The predicted molar refractivity (Wildman–Crippen MR) is 118 cm³/mol. The van der Waals surface area contributed by atoms with Crippen LogP contribution in [0, 0.1) is 16.7 Å². The molecule has 0 aliphatic carbocycles. The lowest BCUT2D eigenvalue weighted by atomic mass is 9.90. The number of nitrogens with one attached hydrogen (secondary N) is 1. The Kier molecular flexibility index (Phi) is 7.80. The summed E-state index contributed by atoms with van der Waals surface area (Å²) in [6.07, 6.45) is -5.52. The van der Waals surface area contributed by atoms with Gasteiger partial charge in [-0.1, -0.05) is 48.5 Å². The van der Waals surface area contributed by atoms with Crippen LogP contribution in [0.4, 0.5) is 5.69 Å². The third-order valence-corrected chi connectivity index (χ3v) is 4.98. The molecule has 0 bridgehead atoms. The van der Waals surface area contributed by atoms with Gasteiger partial charge in [-0.25, -0.2) is 4.79 Å². The van der Waals surface area contributed by atoms with Crippen LogP contribution in [-0.4, -0.2) is 58.4 Å². The first-order valence-electron chi connectivity index (χ1n) is 10.6. The van der Waals surface area contributed by atoms with Crippen LogP contribution in [0.25, 0.3) is 0 Å². The molecule has 1 aliphatic heterocycles. The summed E-state index contributed by atoms with van der Waals surface area (Å²) in [5, 5.41) is 32.7. The van der Waals surface area contributed by atoms with Gasteiger partial charge < -0.3 is 34.8 Å². The van der Waals surface area contributed by atoms with Crippen LogP contribution < -0.4 is 14.8 Å². The molecule has 9 nitrogen and oxygen atoms in total. The monoisotopic (exact) mass is 453 g/mol. The molecule has 0 spiro atoms. The first-order valence-corrected chi connectivity index (χ1v) is 10.6. The molecule has 1 fully saturated rings. The van der Waals surface area contributed by atoms with Crippen LogP contribution in [0.3, 0.4) is 0 Å². The highest BCUT2D eigenvalue weighted by Crippen LogP contribution is 2.36. The SMILES string of the molecule is C[C@@H]1[C@@H](O)[C@H](Oc2ccc(NC(=O)C(C)(C)C)cc2OCC(C)(C)C)O[C@H](C(=O)O)[C@H]1O. The number of aliphatic hydroxyl groups excluding tert-OH is 2. The molecule has 180 valence electrons. The van der Waals surface area contributed by atoms with Crippen molar-refractivity contribution in [3.63, 3.8) is 0 Å². The van der Waals surface area contributed by atoms with Crippen molar-refractivity contribution in [3.8, 4) is 11.5 Å². The number of amides is 1. The van der Waals surface area contributed by atoms with Gasteiger partial charge in [0.15, 0.2) is 17.6 Å². The molecule has 1 aliphatic rings. The molecule has 1 amide bonds. The number of carbonyl (C=O) groups is 2. The van der Waals surface area contributed by atoms with Gasteiger partial charge in [0, 0.05) is 23.1 Å². The van der Waals surface area contributed by atoms with Gasteiger partial charge >= 0.3 is 5.97 Å². The molecule has 2 rings (SSSR count). The number of carboxylic acid groups (broad SMARTS) is 1. The smallest absolute Gasteiger partial charge is 0.335 e. The topological polar surface area (TPSA) is 135 Å². The van der Waals surface area contributed by atoms with Crippen molar-refractivity contribution in [2.45, 2.75) is 73.1 Å². The second-order valence-electron chi connectivity index (χ2n) is 10.4. The number of hydrogen-bond donors (Lipinski definition) is 4. The summed E-state index contributed by atoms with van der Waals surface area (Å²) in [5.41, 5.74) is -0.265. The standard InChI is InChI=1S/C23H35NO8/c1-12-16(25)18(19(27)28)32-20(17(12)26)31-14-9-8-13(24-21(29)23(5,6)7)10-15(14)30-11-22(2,3)4/h8-10,12,16-18,20,25-26H,11H2,1-7H3,(H,24,29)(H,27,28)/t12-,16-,17+,18-,20+/m0/s1. The van der Waals surface area contributed by atoms with Crippen LogP contribution in [0.1, 0.15) is 48.5 Å². The van der Waals surface area contributed by atoms with Crippen LogP contribution >= 0.6 is 0 Å². The summed E-state index contributed by atoms with van der Waals surface area (Å²) in [4.78, 5) is 23.8. The van der Waals surface area contributed by atoms with E-state index in [0.717, 1.165) is 0 Å². The number of aliphatic carboxylic acids is 1. The minimum absolute atomic E-state index is 0.171. The van der Waals surface area contributed by atoms with E-state index in [1.54, 1.807) is 39.0 Å². The van der Waals surface area contributed by atoms with Crippen molar-refractivity contribution >= 4 is 17.6 Å². The number of carbonyl (C=O) groups excluding carboxylic acids is 1. The Morgan fingerprint density at radius 1 is 1.06 bits per heavy atom. The molecule has 1 heterocycles. The third kappa shape index (κ3) is 6.57.